The second kappa shape index (κ2) is 3.90. The van der Waals surface area contributed by atoms with Gasteiger partial charge in [-0.25, -0.2) is 0 Å². The summed E-state index contributed by atoms with van der Waals surface area (Å²) in [7, 11) is 1.66. The molecule has 0 saturated heterocycles. The fourth-order valence-electron chi connectivity index (χ4n) is 1.93. The molecule has 0 aromatic heterocycles. The quantitative estimate of drug-likeness (QED) is 0.784. The van der Waals surface area contributed by atoms with Gasteiger partial charge in [-0.1, -0.05) is 15.9 Å². The van der Waals surface area contributed by atoms with Gasteiger partial charge in [-0.05, 0) is 30.2 Å². The lowest BCUT2D eigenvalue weighted by molar-refractivity contribution is -0.132. The highest BCUT2D eigenvalue weighted by atomic mass is 79.9. The van der Waals surface area contributed by atoms with E-state index >= 15 is 0 Å². The summed E-state index contributed by atoms with van der Waals surface area (Å²) < 4.78 is 0.928. The highest BCUT2D eigenvalue weighted by molar-refractivity contribution is 9.10. The Bertz CT molecular complexity index is 473. The van der Waals surface area contributed by atoms with Crippen LogP contribution < -0.4 is 10.6 Å². The van der Waals surface area contributed by atoms with E-state index in [2.05, 4.69) is 15.9 Å². The van der Waals surface area contributed by atoms with Crippen LogP contribution in [0.25, 0.3) is 0 Å². The summed E-state index contributed by atoms with van der Waals surface area (Å²) in [6.07, 6.45) is 0.382. The Morgan fingerprint density at radius 1 is 1.56 bits per heavy atom. The average Bonchev–Trinajstić information content (AvgIpc) is 2.22. The third kappa shape index (κ3) is 1.71. The minimum absolute atomic E-state index is 0.234. The first kappa shape index (κ1) is 11.1. The molecule has 0 fully saturated rings. The third-order valence-electron chi connectivity index (χ3n) is 2.80. The van der Waals surface area contributed by atoms with E-state index in [-0.39, 0.29) is 5.91 Å². The molecule has 0 saturated carbocycles. The highest BCUT2D eigenvalue weighted by Crippen LogP contribution is 2.31. The van der Waals surface area contributed by atoms with Crippen molar-refractivity contribution in [3.63, 3.8) is 0 Å². The van der Waals surface area contributed by atoms with Crippen LogP contribution in [0, 0.1) is 5.92 Å². The lowest BCUT2D eigenvalue weighted by Crippen LogP contribution is -2.44. The number of nitrogens with two attached hydrogens (primary N) is 1. The molecule has 0 radical (unpaired) electrons. The molecule has 1 aliphatic heterocycles. The van der Waals surface area contributed by atoms with Crippen LogP contribution in [0.2, 0.25) is 0 Å². The number of benzene rings is 1. The van der Waals surface area contributed by atoms with E-state index in [0.29, 0.717) is 6.42 Å². The molecule has 2 N–H and O–H groups in total. The summed E-state index contributed by atoms with van der Waals surface area (Å²) in [6, 6.07) is 5.63. The molecule has 1 heterocycles. The van der Waals surface area contributed by atoms with Crippen molar-refractivity contribution in [1.29, 1.82) is 0 Å². The van der Waals surface area contributed by atoms with E-state index in [9.17, 15) is 9.59 Å². The van der Waals surface area contributed by atoms with Gasteiger partial charge >= 0.3 is 0 Å². The zero-order chi connectivity index (χ0) is 11.9. The van der Waals surface area contributed by atoms with Crippen LogP contribution in [-0.2, 0) is 16.0 Å². The normalized spacial score (nSPS) is 19.5. The van der Waals surface area contributed by atoms with Gasteiger partial charge in [-0.2, -0.15) is 0 Å². The predicted molar refractivity (Wildman–Crippen MR) is 63.9 cm³/mol. The minimum Gasteiger partial charge on any atom is -0.369 e. The molecule has 2 rings (SSSR count). The molecule has 0 aliphatic carbocycles. The topological polar surface area (TPSA) is 63.4 Å². The number of amides is 2. The lowest BCUT2D eigenvalue weighted by Gasteiger charge is -2.30. The van der Waals surface area contributed by atoms with E-state index in [1.807, 2.05) is 18.2 Å². The Kier molecular flexibility index (Phi) is 2.71. The third-order valence-corrected chi connectivity index (χ3v) is 3.29. The number of hydrogen-bond donors (Lipinski definition) is 1. The standard InChI is InChI=1S/C11H11BrN2O2/c1-14-9-3-2-7(12)4-6(9)5-8(10(13)15)11(14)16/h2-4,8H,5H2,1H3,(H2,13,15). The number of nitrogens with zero attached hydrogens (tertiary/aromatic N) is 1. The molecule has 0 bridgehead atoms. The van der Waals surface area contributed by atoms with Crippen LogP contribution in [-0.4, -0.2) is 18.9 Å². The molecule has 2 amide bonds. The molecular weight excluding hydrogens is 272 g/mol. The van der Waals surface area contributed by atoms with Gasteiger partial charge in [0.05, 0.1) is 0 Å². The molecule has 1 unspecified atom stereocenters. The van der Waals surface area contributed by atoms with Crippen molar-refractivity contribution in [2.45, 2.75) is 6.42 Å². The Morgan fingerprint density at radius 3 is 2.88 bits per heavy atom. The molecule has 84 valence electrons. The maximum atomic E-state index is 11.8. The van der Waals surface area contributed by atoms with Crippen molar-refractivity contribution in [2.24, 2.45) is 11.7 Å². The first-order valence-corrected chi connectivity index (χ1v) is 5.65. The van der Waals surface area contributed by atoms with Crippen LogP contribution in [0.1, 0.15) is 5.56 Å². The highest BCUT2D eigenvalue weighted by Gasteiger charge is 2.34. The second-order valence-corrected chi connectivity index (χ2v) is 4.75. The molecule has 4 nitrogen and oxygen atoms in total. The molecular formula is C11H11BrN2O2. The smallest absolute Gasteiger partial charge is 0.239 e. The number of fused-ring (bicyclic) bond motifs is 1. The van der Waals surface area contributed by atoms with Gasteiger partial charge in [0, 0.05) is 17.2 Å². The van der Waals surface area contributed by atoms with Gasteiger partial charge in [-0.15, -0.1) is 0 Å². The largest absolute Gasteiger partial charge is 0.369 e. The molecule has 5 heteroatoms. The Morgan fingerprint density at radius 2 is 2.25 bits per heavy atom. The van der Waals surface area contributed by atoms with E-state index in [0.717, 1.165) is 15.7 Å². The number of carbonyl (C=O) groups excluding carboxylic acids is 2. The van der Waals surface area contributed by atoms with Gasteiger partial charge in [0.1, 0.15) is 5.92 Å². The maximum absolute atomic E-state index is 11.8. The van der Waals surface area contributed by atoms with Gasteiger partial charge in [0.15, 0.2) is 0 Å². The number of halogens is 1. The number of anilines is 1. The molecule has 16 heavy (non-hydrogen) atoms. The SMILES string of the molecule is CN1C(=O)C(C(N)=O)Cc2cc(Br)ccc21. The molecule has 1 aromatic rings. The fraction of sp³-hybridized carbons (Fsp3) is 0.273. The summed E-state index contributed by atoms with van der Waals surface area (Å²) >= 11 is 3.36. The van der Waals surface area contributed by atoms with Crippen molar-refractivity contribution < 1.29 is 9.59 Å². The van der Waals surface area contributed by atoms with Crippen LogP contribution in [0.15, 0.2) is 22.7 Å². The van der Waals surface area contributed by atoms with Crippen LogP contribution in [0.3, 0.4) is 0 Å². The van der Waals surface area contributed by atoms with Gasteiger partial charge in [0.2, 0.25) is 11.8 Å². The summed E-state index contributed by atoms with van der Waals surface area (Å²) in [6.45, 7) is 0. The number of carbonyl (C=O) groups is 2. The van der Waals surface area contributed by atoms with Crippen molar-refractivity contribution >= 4 is 33.4 Å². The zero-order valence-corrected chi connectivity index (χ0v) is 10.3. The van der Waals surface area contributed by atoms with E-state index in [1.165, 1.54) is 4.90 Å². The Balaban J connectivity index is 2.48. The van der Waals surface area contributed by atoms with E-state index in [1.54, 1.807) is 7.05 Å². The molecule has 1 atom stereocenters. The van der Waals surface area contributed by atoms with Crippen molar-refractivity contribution in [1.82, 2.24) is 0 Å². The van der Waals surface area contributed by atoms with Crippen molar-refractivity contribution in [2.75, 3.05) is 11.9 Å². The number of primary amides is 1. The number of hydrogen-bond acceptors (Lipinski definition) is 2. The van der Waals surface area contributed by atoms with Crippen LogP contribution in [0.5, 0.6) is 0 Å². The van der Waals surface area contributed by atoms with Gasteiger partial charge in [-0.3, -0.25) is 9.59 Å². The van der Waals surface area contributed by atoms with Crippen molar-refractivity contribution in [3.8, 4) is 0 Å². The van der Waals surface area contributed by atoms with E-state index < -0.39 is 11.8 Å². The summed E-state index contributed by atoms with van der Waals surface area (Å²) in [5, 5.41) is 0. The maximum Gasteiger partial charge on any atom is 0.239 e. The predicted octanol–water partition coefficient (Wildman–Crippen LogP) is 1.07. The lowest BCUT2D eigenvalue weighted by atomic mass is 9.91. The van der Waals surface area contributed by atoms with Crippen molar-refractivity contribution in [3.05, 3.63) is 28.2 Å². The first-order chi connectivity index (χ1) is 7.50. The zero-order valence-electron chi connectivity index (χ0n) is 8.74. The Hall–Kier alpha value is -1.36. The molecule has 1 aromatic carbocycles. The minimum atomic E-state index is -0.744. The summed E-state index contributed by atoms with van der Waals surface area (Å²) in [4.78, 5) is 24.5. The van der Waals surface area contributed by atoms with Crippen LogP contribution >= 0.6 is 15.9 Å². The monoisotopic (exact) mass is 282 g/mol. The van der Waals surface area contributed by atoms with Gasteiger partial charge in [0.25, 0.3) is 0 Å². The summed E-state index contributed by atoms with van der Waals surface area (Å²) in [5.74, 6) is -1.54. The number of rotatable bonds is 1. The average molecular weight is 283 g/mol. The summed E-state index contributed by atoms with van der Waals surface area (Å²) in [5.41, 5.74) is 7.01. The first-order valence-electron chi connectivity index (χ1n) is 4.86. The van der Waals surface area contributed by atoms with Crippen LogP contribution in [0.4, 0.5) is 5.69 Å². The second-order valence-electron chi connectivity index (χ2n) is 3.83. The molecule has 0 spiro atoms. The van der Waals surface area contributed by atoms with Gasteiger partial charge < -0.3 is 10.6 Å². The fourth-order valence-corrected chi connectivity index (χ4v) is 2.34. The Labute approximate surface area is 102 Å². The molecule has 1 aliphatic rings. The van der Waals surface area contributed by atoms with E-state index in [4.69, 9.17) is 5.73 Å².